The number of fused-ring (bicyclic) bond motifs is 3. The first-order valence-electron chi connectivity index (χ1n) is 5.35. The molecule has 3 aromatic rings. The molecule has 3 rings (SSSR count). The average Bonchev–Trinajstić information content (AvgIpc) is 2.73. The summed E-state index contributed by atoms with van der Waals surface area (Å²) in [4.78, 5) is 1.03. The van der Waals surface area contributed by atoms with Gasteiger partial charge in [-0.25, -0.2) is 0 Å². The van der Waals surface area contributed by atoms with Crippen molar-refractivity contribution in [1.29, 1.82) is 0 Å². The van der Waals surface area contributed by atoms with Gasteiger partial charge in [-0.2, -0.15) is 0 Å². The Morgan fingerprint density at radius 3 is 2.62 bits per heavy atom. The molecule has 1 heterocycles. The van der Waals surface area contributed by atoms with Gasteiger partial charge in [-0.15, -0.1) is 11.3 Å². The minimum absolute atomic E-state index is 0.379. The number of hydrogen-bond donors (Lipinski definition) is 1. The summed E-state index contributed by atoms with van der Waals surface area (Å²) in [6.07, 6.45) is -0.379. The van der Waals surface area contributed by atoms with Crippen LogP contribution in [0.5, 0.6) is 0 Å². The van der Waals surface area contributed by atoms with E-state index in [1.54, 1.807) is 11.3 Å². The van der Waals surface area contributed by atoms with Crippen molar-refractivity contribution < 1.29 is 5.11 Å². The monoisotopic (exact) mass is 228 g/mol. The molecule has 2 aromatic carbocycles. The van der Waals surface area contributed by atoms with Gasteiger partial charge in [0, 0.05) is 9.58 Å². The van der Waals surface area contributed by atoms with Gasteiger partial charge in [-0.05, 0) is 29.1 Å². The summed E-state index contributed by atoms with van der Waals surface area (Å²) in [6, 6.07) is 14.7. The largest absolute Gasteiger partial charge is 0.388 e. The summed E-state index contributed by atoms with van der Waals surface area (Å²) < 4.78 is 1.27. The second-order valence-corrected chi connectivity index (χ2v) is 5.11. The van der Waals surface area contributed by atoms with Crippen LogP contribution in [0.25, 0.3) is 20.9 Å². The lowest BCUT2D eigenvalue weighted by atomic mass is 10.1. The smallest absolute Gasteiger partial charge is 0.0854 e. The van der Waals surface area contributed by atoms with Gasteiger partial charge in [0.15, 0.2) is 0 Å². The minimum Gasteiger partial charge on any atom is -0.388 e. The Hall–Kier alpha value is -1.38. The van der Waals surface area contributed by atoms with E-state index in [0.717, 1.165) is 4.88 Å². The molecule has 0 saturated carbocycles. The summed E-state index contributed by atoms with van der Waals surface area (Å²) in [6.45, 7) is 1.81. The maximum Gasteiger partial charge on any atom is 0.0854 e. The van der Waals surface area contributed by atoms with E-state index in [1.165, 1.54) is 20.9 Å². The van der Waals surface area contributed by atoms with Gasteiger partial charge in [0.05, 0.1) is 6.10 Å². The first-order valence-corrected chi connectivity index (χ1v) is 6.16. The van der Waals surface area contributed by atoms with Gasteiger partial charge in [0.25, 0.3) is 0 Å². The Balaban J connectivity index is 2.41. The molecule has 0 bridgehead atoms. The molecule has 0 fully saturated rings. The maximum atomic E-state index is 9.61. The molecule has 0 spiro atoms. The molecule has 2 heteroatoms. The summed E-state index contributed by atoms with van der Waals surface area (Å²) in [5.41, 5.74) is 0. The second kappa shape index (κ2) is 3.58. The van der Waals surface area contributed by atoms with Crippen LogP contribution in [0, 0.1) is 0 Å². The predicted octanol–water partition coefficient (Wildman–Crippen LogP) is 4.11. The van der Waals surface area contributed by atoms with Gasteiger partial charge in [0.1, 0.15) is 0 Å². The van der Waals surface area contributed by atoms with Gasteiger partial charge < -0.3 is 5.11 Å². The third-order valence-electron chi connectivity index (χ3n) is 2.84. The molecule has 0 radical (unpaired) electrons. The van der Waals surface area contributed by atoms with E-state index in [1.807, 2.05) is 6.92 Å². The Labute approximate surface area is 98.0 Å². The number of thiophene rings is 1. The van der Waals surface area contributed by atoms with Crippen LogP contribution >= 0.6 is 11.3 Å². The van der Waals surface area contributed by atoms with E-state index >= 15 is 0 Å². The fourth-order valence-corrected chi connectivity index (χ4v) is 3.13. The normalized spacial score (nSPS) is 13.4. The molecule has 1 N–H and O–H groups in total. The van der Waals surface area contributed by atoms with Crippen molar-refractivity contribution in [2.75, 3.05) is 0 Å². The Bertz CT molecular complexity index is 652. The number of aliphatic hydroxyl groups excluding tert-OH is 1. The van der Waals surface area contributed by atoms with Crippen LogP contribution in [0.3, 0.4) is 0 Å². The molecular formula is C14H12OS. The first kappa shape index (κ1) is 9.82. The molecule has 1 nitrogen and oxygen atoms in total. The Morgan fingerprint density at radius 2 is 1.81 bits per heavy atom. The van der Waals surface area contributed by atoms with Crippen LogP contribution < -0.4 is 0 Å². The molecule has 1 unspecified atom stereocenters. The van der Waals surface area contributed by atoms with Crippen molar-refractivity contribution in [1.82, 2.24) is 0 Å². The highest BCUT2D eigenvalue weighted by molar-refractivity contribution is 7.20. The third-order valence-corrected chi connectivity index (χ3v) is 4.19. The van der Waals surface area contributed by atoms with Crippen LogP contribution in [-0.4, -0.2) is 5.11 Å². The molecule has 16 heavy (non-hydrogen) atoms. The van der Waals surface area contributed by atoms with E-state index in [9.17, 15) is 5.11 Å². The van der Waals surface area contributed by atoms with Crippen molar-refractivity contribution in [2.45, 2.75) is 13.0 Å². The zero-order chi connectivity index (χ0) is 11.1. The quantitative estimate of drug-likeness (QED) is 0.664. The SMILES string of the molecule is CC(O)c1cc2ccc3ccccc3c2s1. The molecular weight excluding hydrogens is 216 g/mol. The van der Waals surface area contributed by atoms with Crippen molar-refractivity contribution in [3.63, 3.8) is 0 Å². The fraction of sp³-hybridized carbons (Fsp3) is 0.143. The predicted molar refractivity (Wildman–Crippen MR) is 70.0 cm³/mol. The minimum atomic E-state index is -0.379. The average molecular weight is 228 g/mol. The van der Waals surface area contributed by atoms with Crippen molar-refractivity contribution >= 4 is 32.2 Å². The highest BCUT2D eigenvalue weighted by Crippen LogP contribution is 2.34. The molecule has 1 aromatic heterocycles. The zero-order valence-electron chi connectivity index (χ0n) is 8.97. The van der Waals surface area contributed by atoms with Gasteiger partial charge in [-0.1, -0.05) is 36.4 Å². The Morgan fingerprint density at radius 1 is 1.06 bits per heavy atom. The maximum absolute atomic E-state index is 9.61. The molecule has 80 valence electrons. The number of benzene rings is 2. The molecule has 0 amide bonds. The van der Waals surface area contributed by atoms with E-state index in [0.29, 0.717) is 0 Å². The van der Waals surface area contributed by atoms with Gasteiger partial charge in [-0.3, -0.25) is 0 Å². The van der Waals surface area contributed by atoms with Crippen LogP contribution in [-0.2, 0) is 0 Å². The fourth-order valence-electron chi connectivity index (χ4n) is 1.99. The number of hydrogen-bond acceptors (Lipinski definition) is 2. The summed E-state index contributed by atoms with van der Waals surface area (Å²) in [5, 5.41) is 13.4. The van der Waals surface area contributed by atoms with E-state index in [4.69, 9.17) is 0 Å². The molecule has 0 aliphatic heterocycles. The first-order chi connectivity index (χ1) is 7.75. The van der Waals surface area contributed by atoms with E-state index < -0.39 is 0 Å². The van der Waals surface area contributed by atoms with Crippen molar-refractivity contribution in [3.8, 4) is 0 Å². The van der Waals surface area contributed by atoms with Crippen LogP contribution in [0.1, 0.15) is 17.9 Å². The topological polar surface area (TPSA) is 20.2 Å². The standard InChI is InChI=1S/C14H12OS/c1-9(15)13-8-11-7-6-10-4-2-3-5-12(10)14(11)16-13/h2-9,15H,1H3. The molecule has 0 aliphatic rings. The van der Waals surface area contributed by atoms with Crippen molar-refractivity contribution in [2.24, 2.45) is 0 Å². The molecule has 0 saturated heterocycles. The highest BCUT2D eigenvalue weighted by Gasteiger charge is 2.08. The van der Waals surface area contributed by atoms with E-state index in [2.05, 4.69) is 42.5 Å². The molecule has 0 aliphatic carbocycles. The lowest BCUT2D eigenvalue weighted by Gasteiger charge is -1.98. The van der Waals surface area contributed by atoms with Crippen molar-refractivity contribution in [3.05, 3.63) is 47.3 Å². The van der Waals surface area contributed by atoms with Gasteiger partial charge in [0.2, 0.25) is 0 Å². The van der Waals surface area contributed by atoms with Gasteiger partial charge >= 0.3 is 0 Å². The van der Waals surface area contributed by atoms with E-state index in [-0.39, 0.29) is 6.10 Å². The number of aliphatic hydroxyl groups is 1. The zero-order valence-corrected chi connectivity index (χ0v) is 9.79. The third kappa shape index (κ3) is 1.42. The summed E-state index contributed by atoms with van der Waals surface area (Å²) in [7, 11) is 0. The lowest BCUT2D eigenvalue weighted by molar-refractivity contribution is 0.203. The van der Waals surface area contributed by atoms with Crippen LogP contribution in [0.2, 0.25) is 0 Å². The summed E-state index contributed by atoms with van der Waals surface area (Å²) in [5.74, 6) is 0. The second-order valence-electron chi connectivity index (χ2n) is 4.03. The number of rotatable bonds is 1. The molecule has 1 atom stereocenters. The lowest BCUT2D eigenvalue weighted by Crippen LogP contribution is -1.83. The highest BCUT2D eigenvalue weighted by atomic mass is 32.1. The summed E-state index contributed by atoms with van der Waals surface area (Å²) >= 11 is 1.68. The van der Waals surface area contributed by atoms with Crippen LogP contribution in [0.15, 0.2) is 42.5 Å². The van der Waals surface area contributed by atoms with Crippen LogP contribution in [0.4, 0.5) is 0 Å². The Kier molecular flexibility index (Phi) is 2.20.